The van der Waals surface area contributed by atoms with Crippen LogP contribution in [0.2, 0.25) is 0 Å². The van der Waals surface area contributed by atoms with Crippen molar-refractivity contribution in [3.8, 4) is 0 Å². The Morgan fingerprint density at radius 1 is 1.04 bits per heavy atom. The van der Waals surface area contributed by atoms with Crippen LogP contribution in [-0.4, -0.2) is 43.2 Å². The zero-order valence-electron chi connectivity index (χ0n) is 16.5. The first-order chi connectivity index (χ1) is 13.7. The summed E-state index contributed by atoms with van der Waals surface area (Å²) in [5, 5.41) is 2.96. The maximum atomic E-state index is 12.0. The Bertz CT molecular complexity index is 710. The van der Waals surface area contributed by atoms with Gasteiger partial charge in [-0.15, -0.1) is 0 Å². The molecule has 0 aromatic heterocycles. The highest BCUT2D eigenvalue weighted by Crippen LogP contribution is 2.16. The van der Waals surface area contributed by atoms with Gasteiger partial charge < -0.3 is 15.8 Å². The number of carbonyl (C=O) groups excluding carboxylic acids is 1. The molecule has 2 aromatic rings. The van der Waals surface area contributed by atoms with Gasteiger partial charge in [-0.05, 0) is 42.5 Å². The minimum atomic E-state index is 0.0407. The van der Waals surface area contributed by atoms with Gasteiger partial charge in [0, 0.05) is 38.5 Å². The minimum absolute atomic E-state index is 0.0407. The third kappa shape index (κ3) is 6.98. The lowest BCUT2D eigenvalue weighted by atomic mass is 10.1. The van der Waals surface area contributed by atoms with E-state index in [0.29, 0.717) is 31.4 Å². The molecular formula is C23H31N3O2. The zero-order chi connectivity index (χ0) is 19.6. The molecule has 0 saturated carbocycles. The summed E-state index contributed by atoms with van der Waals surface area (Å²) in [4.78, 5) is 14.5. The van der Waals surface area contributed by atoms with E-state index in [-0.39, 0.29) is 5.91 Å². The van der Waals surface area contributed by atoms with E-state index in [1.807, 2.05) is 24.3 Å². The summed E-state index contributed by atoms with van der Waals surface area (Å²) in [7, 11) is 0. The Labute approximate surface area is 167 Å². The van der Waals surface area contributed by atoms with Gasteiger partial charge in [-0.3, -0.25) is 9.69 Å². The molecule has 0 spiro atoms. The van der Waals surface area contributed by atoms with Gasteiger partial charge in [0.1, 0.15) is 0 Å². The van der Waals surface area contributed by atoms with E-state index >= 15 is 0 Å². The maximum Gasteiger partial charge on any atom is 0.224 e. The molecular weight excluding hydrogens is 350 g/mol. The van der Waals surface area contributed by atoms with Crippen molar-refractivity contribution < 1.29 is 9.53 Å². The fourth-order valence-corrected chi connectivity index (χ4v) is 3.51. The average molecular weight is 382 g/mol. The normalized spacial score (nSPS) is 15.4. The second kappa shape index (κ2) is 10.8. The number of nitrogens with zero attached hydrogens (tertiary/aromatic N) is 1. The molecule has 0 aliphatic carbocycles. The van der Waals surface area contributed by atoms with Gasteiger partial charge in [-0.2, -0.15) is 0 Å². The van der Waals surface area contributed by atoms with E-state index in [4.69, 9.17) is 10.5 Å². The van der Waals surface area contributed by atoms with Crippen molar-refractivity contribution in [2.45, 2.75) is 38.3 Å². The molecule has 3 N–H and O–H groups in total. The van der Waals surface area contributed by atoms with Crippen LogP contribution >= 0.6 is 0 Å². The summed E-state index contributed by atoms with van der Waals surface area (Å²) in [5.74, 6) is 0.0407. The highest BCUT2D eigenvalue weighted by Gasteiger charge is 2.19. The zero-order valence-corrected chi connectivity index (χ0v) is 16.5. The topological polar surface area (TPSA) is 67.6 Å². The number of benzene rings is 2. The number of carbonyl (C=O) groups is 1. The first kappa shape index (κ1) is 20.4. The Hall–Kier alpha value is -2.37. The standard InChI is InChI=1S/C23H31N3O2/c24-21-9-7-19(8-10-21)17-23(27)25-13-4-16-28-22-11-14-26(15-12-22)18-20-5-2-1-3-6-20/h1-3,5-10,22H,4,11-18,24H2,(H,25,27). The summed E-state index contributed by atoms with van der Waals surface area (Å²) in [6.45, 7) is 4.54. The van der Waals surface area contributed by atoms with Gasteiger partial charge in [0.2, 0.25) is 5.91 Å². The van der Waals surface area contributed by atoms with Crippen molar-refractivity contribution in [1.29, 1.82) is 0 Å². The number of anilines is 1. The number of piperidine rings is 1. The van der Waals surface area contributed by atoms with Crippen molar-refractivity contribution in [1.82, 2.24) is 10.2 Å². The largest absolute Gasteiger partial charge is 0.399 e. The predicted molar refractivity (Wildman–Crippen MR) is 113 cm³/mol. The molecule has 2 aromatic carbocycles. The number of nitrogen functional groups attached to an aromatic ring is 1. The number of amides is 1. The van der Waals surface area contributed by atoms with Gasteiger partial charge in [-0.1, -0.05) is 42.5 Å². The molecule has 1 heterocycles. The molecule has 0 unspecified atom stereocenters. The van der Waals surface area contributed by atoms with E-state index in [0.717, 1.165) is 44.5 Å². The van der Waals surface area contributed by atoms with Gasteiger partial charge in [0.25, 0.3) is 0 Å². The summed E-state index contributed by atoms with van der Waals surface area (Å²) in [5.41, 5.74) is 8.72. The van der Waals surface area contributed by atoms with E-state index in [1.54, 1.807) is 0 Å². The molecule has 28 heavy (non-hydrogen) atoms. The monoisotopic (exact) mass is 381 g/mol. The Kier molecular flexibility index (Phi) is 7.88. The molecule has 150 valence electrons. The molecule has 5 heteroatoms. The Morgan fingerprint density at radius 2 is 1.75 bits per heavy atom. The molecule has 0 radical (unpaired) electrons. The number of ether oxygens (including phenoxy) is 1. The van der Waals surface area contributed by atoms with Crippen LogP contribution < -0.4 is 11.1 Å². The second-order valence-electron chi connectivity index (χ2n) is 7.45. The lowest BCUT2D eigenvalue weighted by Crippen LogP contribution is -2.37. The van der Waals surface area contributed by atoms with Crippen LogP contribution in [0.25, 0.3) is 0 Å². The summed E-state index contributed by atoms with van der Waals surface area (Å²) >= 11 is 0. The Balaban J connectivity index is 1.23. The molecule has 5 nitrogen and oxygen atoms in total. The second-order valence-corrected chi connectivity index (χ2v) is 7.45. The molecule has 1 fully saturated rings. The fraction of sp³-hybridized carbons (Fsp3) is 0.435. The third-order valence-corrected chi connectivity index (χ3v) is 5.12. The van der Waals surface area contributed by atoms with Gasteiger partial charge in [0.15, 0.2) is 0 Å². The minimum Gasteiger partial charge on any atom is -0.399 e. The summed E-state index contributed by atoms with van der Waals surface area (Å²) in [6.07, 6.45) is 3.74. The Morgan fingerprint density at radius 3 is 2.46 bits per heavy atom. The molecule has 1 aliphatic rings. The number of nitrogens with one attached hydrogen (secondary N) is 1. The number of nitrogens with two attached hydrogens (primary N) is 1. The van der Waals surface area contributed by atoms with Crippen molar-refractivity contribution in [2.75, 3.05) is 32.0 Å². The van der Waals surface area contributed by atoms with Gasteiger partial charge in [-0.25, -0.2) is 0 Å². The van der Waals surface area contributed by atoms with Crippen LogP contribution in [0.4, 0.5) is 5.69 Å². The number of likely N-dealkylation sites (tertiary alicyclic amines) is 1. The van der Waals surface area contributed by atoms with E-state index < -0.39 is 0 Å². The first-order valence-corrected chi connectivity index (χ1v) is 10.2. The maximum absolute atomic E-state index is 12.0. The summed E-state index contributed by atoms with van der Waals surface area (Å²) in [6, 6.07) is 18.0. The fourth-order valence-electron chi connectivity index (χ4n) is 3.51. The highest BCUT2D eigenvalue weighted by atomic mass is 16.5. The van der Waals surface area contributed by atoms with Crippen molar-refractivity contribution in [2.24, 2.45) is 0 Å². The van der Waals surface area contributed by atoms with Gasteiger partial charge in [0.05, 0.1) is 12.5 Å². The lowest BCUT2D eigenvalue weighted by Gasteiger charge is -2.32. The molecule has 1 saturated heterocycles. The molecule has 0 bridgehead atoms. The molecule has 3 rings (SSSR count). The molecule has 1 aliphatic heterocycles. The van der Waals surface area contributed by atoms with Crippen LogP contribution in [0, 0.1) is 0 Å². The highest BCUT2D eigenvalue weighted by molar-refractivity contribution is 5.78. The van der Waals surface area contributed by atoms with Crippen LogP contribution in [0.15, 0.2) is 54.6 Å². The van der Waals surface area contributed by atoms with Crippen molar-refractivity contribution in [3.05, 3.63) is 65.7 Å². The lowest BCUT2D eigenvalue weighted by molar-refractivity contribution is -0.120. The third-order valence-electron chi connectivity index (χ3n) is 5.12. The van der Waals surface area contributed by atoms with Crippen LogP contribution in [0.1, 0.15) is 30.4 Å². The SMILES string of the molecule is Nc1ccc(CC(=O)NCCCOC2CCN(Cc3ccccc3)CC2)cc1. The quantitative estimate of drug-likeness (QED) is 0.518. The smallest absolute Gasteiger partial charge is 0.224 e. The van der Waals surface area contributed by atoms with Gasteiger partial charge >= 0.3 is 0 Å². The molecule has 1 amide bonds. The van der Waals surface area contributed by atoms with Crippen LogP contribution in [-0.2, 0) is 22.5 Å². The first-order valence-electron chi connectivity index (χ1n) is 10.2. The average Bonchev–Trinajstić information content (AvgIpc) is 2.71. The van der Waals surface area contributed by atoms with E-state index in [1.165, 1.54) is 5.56 Å². The van der Waals surface area contributed by atoms with E-state index in [2.05, 4.69) is 40.5 Å². The van der Waals surface area contributed by atoms with Crippen LogP contribution in [0.3, 0.4) is 0 Å². The number of hydrogen-bond acceptors (Lipinski definition) is 4. The van der Waals surface area contributed by atoms with Crippen molar-refractivity contribution in [3.63, 3.8) is 0 Å². The van der Waals surface area contributed by atoms with E-state index in [9.17, 15) is 4.79 Å². The number of hydrogen-bond donors (Lipinski definition) is 2. The number of rotatable bonds is 9. The molecule has 0 atom stereocenters. The predicted octanol–water partition coefficient (Wildman–Crippen LogP) is 3.00. The van der Waals surface area contributed by atoms with Crippen LogP contribution in [0.5, 0.6) is 0 Å². The van der Waals surface area contributed by atoms with Crippen molar-refractivity contribution >= 4 is 11.6 Å². The summed E-state index contributed by atoms with van der Waals surface area (Å²) < 4.78 is 6.00.